The van der Waals surface area contributed by atoms with Gasteiger partial charge in [0.15, 0.2) is 0 Å². The Morgan fingerprint density at radius 2 is 1.85 bits per heavy atom. The van der Waals surface area contributed by atoms with Gasteiger partial charge in [0, 0.05) is 12.2 Å². The third-order valence-electron chi connectivity index (χ3n) is 9.56. The van der Waals surface area contributed by atoms with Crippen LogP contribution in [0.4, 0.5) is 5.69 Å². The quantitative estimate of drug-likeness (QED) is 0.428. The highest BCUT2D eigenvalue weighted by Gasteiger charge is 2.79. The summed E-state index contributed by atoms with van der Waals surface area (Å²) >= 11 is 0. The lowest BCUT2D eigenvalue weighted by Gasteiger charge is -2.39. The van der Waals surface area contributed by atoms with Crippen molar-refractivity contribution in [2.24, 2.45) is 17.8 Å². The summed E-state index contributed by atoms with van der Waals surface area (Å²) in [5.74, 6) is -2.28. The van der Waals surface area contributed by atoms with Crippen molar-refractivity contribution in [2.75, 3.05) is 18.5 Å². The van der Waals surface area contributed by atoms with Crippen LogP contribution in [0.5, 0.6) is 0 Å². The van der Waals surface area contributed by atoms with Gasteiger partial charge in [-0.05, 0) is 54.5 Å². The van der Waals surface area contributed by atoms with Crippen molar-refractivity contribution < 1.29 is 24.2 Å². The molecule has 3 amide bonds. The minimum atomic E-state index is -1.12. The summed E-state index contributed by atoms with van der Waals surface area (Å²) in [7, 11) is 0. The largest absolute Gasteiger partial charge is 0.394 e. The maximum Gasteiger partial charge on any atom is 0.250 e. The molecule has 2 aromatic rings. The highest BCUT2D eigenvalue weighted by atomic mass is 16.5. The van der Waals surface area contributed by atoms with Crippen molar-refractivity contribution in [3.8, 4) is 0 Å². The van der Waals surface area contributed by atoms with E-state index in [1.165, 1.54) is 0 Å². The van der Waals surface area contributed by atoms with Crippen LogP contribution in [0.3, 0.4) is 0 Å². The number of carbonyl (C=O) groups excluding carboxylic acids is 3. The summed E-state index contributed by atoms with van der Waals surface area (Å²) in [5.41, 5.74) is -1.27. The van der Waals surface area contributed by atoms with E-state index >= 15 is 0 Å². The number of anilines is 1. The Morgan fingerprint density at radius 3 is 2.51 bits per heavy atom. The van der Waals surface area contributed by atoms with Crippen LogP contribution < -0.4 is 10.6 Å². The molecule has 0 saturated carbocycles. The van der Waals surface area contributed by atoms with Crippen LogP contribution in [0.15, 0.2) is 42.5 Å². The Balaban J connectivity index is 1.57. The minimum Gasteiger partial charge on any atom is -0.394 e. The van der Waals surface area contributed by atoms with Crippen molar-refractivity contribution in [3.63, 3.8) is 0 Å². The number of rotatable bonds is 10. The second-order valence-electron chi connectivity index (χ2n) is 11.6. The van der Waals surface area contributed by atoms with Gasteiger partial charge in [-0.2, -0.15) is 0 Å². The molecule has 2 aromatic carbocycles. The molecule has 39 heavy (non-hydrogen) atoms. The Kier molecular flexibility index (Phi) is 7.46. The number of amides is 3. The monoisotopic (exact) mass is 535 g/mol. The highest BCUT2D eigenvalue weighted by molar-refractivity contribution is 6.04. The van der Waals surface area contributed by atoms with Crippen LogP contribution in [0.25, 0.3) is 10.8 Å². The molecular formula is C31H41N3O5. The predicted octanol–water partition coefficient (Wildman–Crippen LogP) is 3.87. The lowest BCUT2D eigenvalue weighted by molar-refractivity contribution is -0.150. The van der Waals surface area contributed by atoms with Crippen molar-refractivity contribution in [2.45, 2.75) is 83.1 Å². The molecule has 5 rings (SSSR count). The molecule has 3 N–H and O–H groups in total. The number of hydrogen-bond acceptors (Lipinski definition) is 5. The van der Waals surface area contributed by atoms with Crippen LogP contribution in [-0.2, 0) is 19.1 Å². The second kappa shape index (κ2) is 10.5. The third-order valence-corrected chi connectivity index (χ3v) is 9.56. The van der Waals surface area contributed by atoms with E-state index < -0.39 is 35.1 Å². The predicted molar refractivity (Wildman–Crippen MR) is 150 cm³/mol. The van der Waals surface area contributed by atoms with E-state index in [2.05, 4.69) is 10.6 Å². The van der Waals surface area contributed by atoms with Gasteiger partial charge in [-0.3, -0.25) is 14.4 Å². The maximum atomic E-state index is 14.4. The normalized spacial score (nSPS) is 30.8. The van der Waals surface area contributed by atoms with Gasteiger partial charge < -0.3 is 25.4 Å². The molecule has 1 spiro atoms. The van der Waals surface area contributed by atoms with Crippen molar-refractivity contribution in [1.29, 1.82) is 0 Å². The van der Waals surface area contributed by atoms with E-state index in [1.54, 1.807) is 4.90 Å². The van der Waals surface area contributed by atoms with Gasteiger partial charge in [0.1, 0.15) is 11.6 Å². The van der Waals surface area contributed by atoms with Crippen LogP contribution >= 0.6 is 0 Å². The number of ether oxygens (including phenoxy) is 1. The molecule has 0 radical (unpaired) electrons. The fourth-order valence-electron chi connectivity index (χ4n) is 7.36. The number of aliphatic hydroxyl groups is 1. The second-order valence-corrected chi connectivity index (χ2v) is 11.6. The summed E-state index contributed by atoms with van der Waals surface area (Å²) in [4.78, 5) is 43.7. The molecule has 210 valence electrons. The number of nitrogens with zero attached hydrogens (tertiary/aromatic N) is 1. The third kappa shape index (κ3) is 4.23. The highest BCUT2D eigenvalue weighted by Crippen LogP contribution is 2.64. The summed E-state index contributed by atoms with van der Waals surface area (Å²) in [6.45, 7) is 8.21. The van der Waals surface area contributed by atoms with Crippen LogP contribution in [-0.4, -0.2) is 64.2 Å². The van der Waals surface area contributed by atoms with Crippen LogP contribution in [0.1, 0.15) is 59.8 Å². The molecule has 0 aliphatic carbocycles. The number of fused-ring (bicyclic) bond motifs is 2. The fraction of sp³-hybridized carbons (Fsp3) is 0.581. The molecule has 0 aromatic heterocycles. The van der Waals surface area contributed by atoms with E-state index in [1.807, 2.05) is 70.2 Å². The van der Waals surface area contributed by atoms with E-state index in [0.29, 0.717) is 31.5 Å². The topological polar surface area (TPSA) is 108 Å². The van der Waals surface area contributed by atoms with Gasteiger partial charge in [0.25, 0.3) is 0 Å². The number of likely N-dealkylation sites (tertiary alicyclic amines) is 1. The van der Waals surface area contributed by atoms with E-state index in [4.69, 9.17) is 4.74 Å². The lowest BCUT2D eigenvalue weighted by Crippen LogP contribution is -2.57. The SMILES string of the molecule is CCCNC(=O)[C@@H]1[C@H]2C(=O)N([C@@H](CO)[C@@H](C)CC)C(C(=O)Nc3ccc4ccccc4c3)C23CC[C@@]1(CC)O3. The number of benzene rings is 2. The van der Waals surface area contributed by atoms with Gasteiger partial charge in [0.2, 0.25) is 17.7 Å². The molecule has 3 saturated heterocycles. The Bertz CT molecular complexity index is 1270. The first-order valence-corrected chi connectivity index (χ1v) is 14.5. The van der Waals surface area contributed by atoms with Gasteiger partial charge in [0.05, 0.1) is 30.1 Å². The fourth-order valence-corrected chi connectivity index (χ4v) is 7.36. The molecule has 8 heteroatoms. The maximum absolute atomic E-state index is 14.4. The van der Waals surface area contributed by atoms with E-state index in [9.17, 15) is 19.5 Å². The summed E-state index contributed by atoms with van der Waals surface area (Å²) < 4.78 is 6.82. The summed E-state index contributed by atoms with van der Waals surface area (Å²) in [6.07, 6.45) is 3.21. The van der Waals surface area contributed by atoms with E-state index in [-0.39, 0.29) is 30.2 Å². The molecule has 3 aliphatic heterocycles. The zero-order valence-electron chi connectivity index (χ0n) is 23.4. The molecule has 7 atom stereocenters. The van der Waals surface area contributed by atoms with Gasteiger partial charge in [-0.1, -0.05) is 64.4 Å². The molecule has 8 nitrogen and oxygen atoms in total. The molecular weight excluding hydrogens is 494 g/mol. The van der Waals surface area contributed by atoms with Gasteiger partial charge >= 0.3 is 0 Å². The van der Waals surface area contributed by atoms with Crippen LogP contribution in [0, 0.1) is 17.8 Å². The lowest BCUT2D eigenvalue weighted by atomic mass is 9.65. The van der Waals surface area contributed by atoms with E-state index in [0.717, 1.165) is 23.6 Å². The Labute approximate surface area is 230 Å². The average Bonchev–Trinajstić information content (AvgIpc) is 3.55. The first-order valence-electron chi connectivity index (χ1n) is 14.5. The minimum absolute atomic E-state index is 0.0464. The van der Waals surface area contributed by atoms with Crippen molar-refractivity contribution in [3.05, 3.63) is 42.5 Å². The van der Waals surface area contributed by atoms with Crippen LogP contribution in [0.2, 0.25) is 0 Å². The van der Waals surface area contributed by atoms with Gasteiger partial charge in [-0.25, -0.2) is 0 Å². The average molecular weight is 536 g/mol. The first kappa shape index (κ1) is 27.6. The number of nitrogens with one attached hydrogen (secondary N) is 2. The first-order chi connectivity index (χ1) is 18.8. The summed E-state index contributed by atoms with van der Waals surface area (Å²) in [6, 6.07) is 12.1. The van der Waals surface area contributed by atoms with Crippen molar-refractivity contribution >= 4 is 34.2 Å². The molecule has 3 aliphatic rings. The number of carbonyl (C=O) groups is 3. The molecule has 2 unspecified atom stereocenters. The van der Waals surface area contributed by atoms with Crippen molar-refractivity contribution in [1.82, 2.24) is 10.2 Å². The molecule has 2 bridgehead atoms. The number of aliphatic hydroxyl groups excluding tert-OH is 1. The Hall–Kier alpha value is -2.97. The zero-order valence-corrected chi connectivity index (χ0v) is 23.4. The summed E-state index contributed by atoms with van der Waals surface area (Å²) in [5, 5.41) is 18.6. The smallest absolute Gasteiger partial charge is 0.250 e. The zero-order chi connectivity index (χ0) is 27.9. The van der Waals surface area contributed by atoms with Gasteiger partial charge in [-0.15, -0.1) is 0 Å². The Morgan fingerprint density at radius 1 is 1.10 bits per heavy atom. The standard InChI is InChI=1S/C31H41N3O5/c1-5-16-32-27(36)24-25-29(38)34(23(18-35)19(4)6-2)26(31(25)15-14-30(24,7-3)39-31)28(37)33-22-13-12-20-10-8-9-11-21(20)17-22/h8-13,17,19,23-26,35H,5-7,14-16,18H2,1-4H3,(H,32,36)(H,33,37)/t19-,23-,24-,25-,26?,30+,31?/m0/s1. The molecule has 3 heterocycles. The number of hydrogen-bond donors (Lipinski definition) is 3. The molecule has 3 fully saturated rings.